The fourth-order valence-corrected chi connectivity index (χ4v) is 0.969. The smallest absolute Gasteiger partial charge is 0.420 e. The Hall–Kier alpha value is -1.49. The van der Waals surface area contributed by atoms with E-state index < -0.39 is 11.7 Å². The van der Waals surface area contributed by atoms with Crippen molar-refractivity contribution in [2.45, 2.75) is 26.4 Å². The van der Waals surface area contributed by atoms with E-state index in [0.717, 1.165) is 0 Å². The van der Waals surface area contributed by atoms with Crippen molar-refractivity contribution in [1.29, 1.82) is 0 Å². The number of hydrogen-bond donors (Lipinski definition) is 2. The number of aromatic nitrogens is 1. The van der Waals surface area contributed by atoms with Gasteiger partial charge in [0.15, 0.2) is 0 Å². The Labute approximate surface area is 82.8 Å². The summed E-state index contributed by atoms with van der Waals surface area (Å²) in [7, 11) is 0. The number of anilines is 1. The third-order valence-electron chi connectivity index (χ3n) is 1.49. The first-order valence-electron chi connectivity index (χ1n) is 4.31. The first-order valence-corrected chi connectivity index (χ1v) is 4.31. The molecule has 0 spiro atoms. The molecular weight excluding hydrogens is 182 g/mol. The van der Waals surface area contributed by atoms with Gasteiger partial charge in [-0.05, 0) is 32.9 Å². The lowest BCUT2D eigenvalue weighted by Crippen LogP contribution is -2.28. The van der Waals surface area contributed by atoms with Gasteiger partial charge in [-0.1, -0.05) is 0 Å². The lowest BCUT2D eigenvalue weighted by molar-refractivity contribution is 0.0541. The molecule has 0 saturated carbocycles. The third kappa shape index (κ3) is 2.50. The van der Waals surface area contributed by atoms with E-state index in [0.29, 0.717) is 5.82 Å². The lowest BCUT2D eigenvalue weighted by atomic mass is 10.2. The maximum atomic E-state index is 11.5. The molecule has 78 valence electrons. The molecule has 5 nitrogen and oxygen atoms in total. The van der Waals surface area contributed by atoms with E-state index in [4.69, 9.17) is 10.6 Å². The summed E-state index contributed by atoms with van der Waals surface area (Å²) < 4.78 is 6.46. The summed E-state index contributed by atoms with van der Waals surface area (Å²) in [4.78, 5) is 11.5. The number of nitrogens with one attached hydrogen (secondary N) is 1. The molecule has 0 aliphatic carbocycles. The fourth-order valence-electron chi connectivity index (χ4n) is 0.969. The van der Waals surface area contributed by atoms with E-state index in [-0.39, 0.29) is 0 Å². The maximum absolute atomic E-state index is 11.5. The molecule has 0 atom stereocenters. The molecule has 1 heterocycles. The number of hydrazine groups is 1. The highest BCUT2D eigenvalue weighted by molar-refractivity contribution is 5.75. The number of rotatable bonds is 1. The number of nitrogens with two attached hydrogens (primary N) is 1. The Morgan fingerprint density at radius 1 is 1.57 bits per heavy atom. The van der Waals surface area contributed by atoms with E-state index in [1.165, 1.54) is 4.57 Å². The minimum Gasteiger partial charge on any atom is -0.443 e. The van der Waals surface area contributed by atoms with Crippen molar-refractivity contribution >= 4 is 11.9 Å². The Morgan fingerprint density at radius 3 is 2.71 bits per heavy atom. The van der Waals surface area contributed by atoms with Crippen molar-refractivity contribution in [3.05, 3.63) is 18.3 Å². The Kier molecular flexibility index (Phi) is 2.81. The van der Waals surface area contributed by atoms with Crippen LogP contribution in [0.2, 0.25) is 0 Å². The SMILES string of the molecule is CC(C)(C)OC(=O)n1cccc1NN. The van der Waals surface area contributed by atoms with Crippen LogP contribution in [0.1, 0.15) is 20.8 Å². The van der Waals surface area contributed by atoms with Gasteiger partial charge in [-0.3, -0.25) is 0 Å². The normalized spacial score (nSPS) is 11.1. The molecule has 0 aliphatic heterocycles. The Balaban J connectivity index is 2.80. The summed E-state index contributed by atoms with van der Waals surface area (Å²) in [5, 5.41) is 0. The van der Waals surface area contributed by atoms with Gasteiger partial charge in [0.1, 0.15) is 11.4 Å². The molecule has 0 radical (unpaired) electrons. The van der Waals surface area contributed by atoms with E-state index in [9.17, 15) is 4.79 Å². The zero-order chi connectivity index (χ0) is 10.8. The average molecular weight is 197 g/mol. The molecule has 3 N–H and O–H groups in total. The van der Waals surface area contributed by atoms with Gasteiger partial charge in [0.2, 0.25) is 0 Å². The second-order valence-corrected chi connectivity index (χ2v) is 3.89. The lowest BCUT2D eigenvalue weighted by Gasteiger charge is -2.20. The van der Waals surface area contributed by atoms with Crippen molar-refractivity contribution in [1.82, 2.24) is 4.57 Å². The number of carbonyl (C=O) groups excluding carboxylic acids is 1. The van der Waals surface area contributed by atoms with E-state index in [2.05, 4.69) is 5.43 Å². The monoisotopic (exact) mass is 197 g/mol. The van der Waals surface area contributed by atoms with Crippen molar-refractivity contribution in [2.24, 2.45) is 5.84 Å². The van der Waals surface area contributed by atoms with Gasteiger partial charge in [-0.15, -0.1) is 0 Å². The van der Waals surface area contributed by atoms with Crippen LogP contribution < -0.4 is 11.3 Å². The van der Waals surface area contributed by atoms with Gasteiger partial charge in [-0.2, -0.15) is 0 Å². The molecule has 0 fully saturated rings. The minimum absolute atomic E-state index is 0.449. The van der Waals surface area contributed by atoms with E-state index >= 15 is 0 Å². The summed E-state index contributed by atoms with van der Waals surface area (Å²) in [5.41, 5.74) is 1.90. The second kappa shape index (κ2) is 3.71. The van der Waals surface area contributed by atoms with Crippen LogP contribution in [0.25, 0.3) is 0 Å². The largest absolute Gasteiger partial charge is 0.443 e. The van der Waals surface area contributed by atoms with Gasteiger partial charge < -0.3 is 10.2 Å². The van der Waals surface area contributed by atoms with Crippen molar-refractivity contribution in [2.75, 3.05) is 5.43 Å². The maximum Gasteiger partial charge on any atom is 0.420 e. The van der Waals surface area contributed by atoms with Gasteiger partial charge in [0.25, 0.3) is 0 Å². The molecule has 1 rings (SSSR count). The van der Waals surface area contributed by atoms with E-state index in [1.54, 1.807) is 18.3 Å². The standard InChI is InChI=1S/C9H15N3O2/c1-9(2,3)14-8(13)12-6-4-5-7(12)11-10/h4-6,11H,10H2,1-3H3. The first kappa shape index (κ1) is 10.6. The van der Waals surface area contributed by atoms with Crippen molar-refractivity contribution in [3.63, 3.8) is 0 Å². The summed E-state index contributed by atoms with van der Waals surface area (Å²) in [6.07, 6.45) is 1.14. The number of hydrogen-bond acceptors (Lipinski definition) is 4. The van der Waals surface area contributed by atoms with Crippen molar-refractivity contribution in [3.8, 4) is 0 Å². The number of nitrogens with zero attached hydrogens (tertiary/aromatic N) is 1. The molecule has 0 aliphatic rings. The fraction of sp³-hybridized carbons (Fsp3) is 0.444. The number of nitrogen functional groups attached to an aromatic ring is 1. The number of ether oxygens (including phenoxy) is 1. The van der Waals surface area contributed by atoms with Gasteiger partial charge in [0, 0.05) is 6.20 Å². The van der Waals surface area contributed by atoms with Gasteiger partial charge in [0.05, 0.1) is 0 Å². The average Bonchev–Trinajstić information content (AvgIpc) is 2.47. The molecule has 14 heavy (non-hydrogen) atoms. The topological polar surface area (TPSA) is 69.3 Å². The molecule has 0 bridgehead atoms. The highest BCUT2D eigenvalue weighted by Gasteiger charge is 2.18. The summed E-state index contributed by atoms with van der Waals surface area (Å²) in [6.45, 7) is 5.43. The predicted molar refractivity (Wildman–Crippen MR) is 53.9 cm³/mol. The highest BCUT2D eigenvalue weighted by atomic mass is 16.6. The molecular formula is C9H15N3O2. The van der Waals surface area contributed by atoms with E-state index in [1.807, 2.05) is 20.8 Å². The van der Waals surface area contributed by atoms with Crippen LogP contribution in [0.3, 0.4) is 0 Å². The summed E-state index contributed by atoms with van der Waals surface area (Å²) in [6, 6.07) is 3.39. The molecule has 1 aromatic heterocycles. The van der Waals surface area contributed by atoms with Crippen LogP contribution in [-0.2, 0) is 4.74 Å². The summed E-state index contributed by atoms with van der Waals surface area (Å²) >= 11 is 0. The third-order valence-corrected chi connectivity index (χ3v) is 1.49. The Bertz CT molecular complexity index is 325. The molecule has 0 saturated heterocycles. The zero-order valence-corrected chi connectivity index (χ0v) is 8.57. The van der Waals surface area contributed by atoms with Crippen LogP contribution >= 0.6 is 0 Å². The van der Waals surface area contributed by atoms with Gasteiger partial charge >= 0.3 is 6.09 Å². The molecule has 0 aromatic carbocycles. The van der Waals surface area contributed by atoms with Crippen LogP contribution in [0.5, 0.6) is 0 Å². The Morgan fingerprint density at radius 2 is 2.21 bits per heavy atom. The van der Waals surface area contributed by atoms with Gasteiger partial charge in [-0.25, -0.2) is 15.2 Å². The quantitative estimate of drug-likeness (QED) is 0.529. The second-order valence-electron chi connectivity index (χ2n) is 3.89. The predicted octanol–water partition coefficient (Wildman–Crippen LogP) is 1.56. The zero-order valence-electron chi connectivity index (χ0n) is 8.57. The summed E-state index contributed by atoms with van der Waals surface area (Å²) in [5.74, 6) is 5.72. The minimum atomic E-state index is -0.507. The highest BCUT2D eigenvalue weighted by Crippen LogP contribution is 2.13. The van der Waals surface area contributed by atoms with Crippen LogP contribution in [0.15, 0.2) is 18.3 Å². The first-order chi connectivity index (χ1) is 6.44. The van der Waals surface area contributed by atoms with Crippen molar-refractivity contribution < 1.29 is 9.53 Å². The molecule has 1 aromatic rings. The van der Waals surface area contributed by atoms with Crippen LogP contribution in [0, 0.1) is 0 Å². The van der Waals surface area contributed by atoms with Crippen LogP contribution in [-0.4, -0.2) is 16.3 Å². The van der Waals surface area contributed by atoms with Crippen LogP contribution in [0.4, 0.5) is 10.6 Å². The molecule has 5 heteroatoms. The number of carbonyl (C=O) groups is 1. The molecule has 0 amide bonds. The molecule has 0 unspecified atom stereocenters.